The monoisotopic (exact) mass is 213 g/mol. The smallest absolute Gasteiger partial charge is 0.00990 e. The molecule has 1 aromatic rings. The Bertz CT molecular complexity index is 379. The van der Waals surface area contributed by atoms with Gasteiger partial charge in [-0.15, -0.1) is 0 Å². The van der Waals surface area contributed by atoms with E-state index in [1.165, 1.54) is 27.8 Å². The molecule has 1 radical (unpaired) electrons. The quantitative estimate of drug-likeness (QED) is 0.519. The highest BCUT2D eigenvalue weighted by Gasteiger charge is 2.07. The molecule has 0 aliphatic carbocycles. The number of rotatable bonds is 4. The van der Waals surface area contributed by atoms with Crippen LogP contribution in [0.4, 0.5) is 0 Å². The molecule has 0 N–H and O–H groups in total. The van der Waals surface area contributed by atoms with Gasteiger partial charge in [0.2, 0.25) is 0 Å². The van der Waals surface area contributed by atoms with Crippen molar-refractivity contribution in [1.82, 2.24) is 0 Å². The summed E-state index contributed by atoms with van der Waals surface area (Å²) in [5.74, 6) is 2.46. The molecule has 0 spiro atoms. The van der Waals surface area contributed by atoms with Crippen LogP contribution in [0.15, 0.2) is 6.07 Å². The topological polar surface area (TPSA) is 0 Å². The highest BCUT2D eigenvalue weighted by Crippen LogP contribution is 2.23. The van der Waals surface area contributed by atoms with E-state index in [2.05, 4.69) is 39.7 Å². The van der Waals surface area contributed by atoms with E-state index >= 15 is 0 Å². The minimum Gasteiger partial charge on any atom is -0.0891 e. The summed E-state index contributed by atoms with van der Waals surface area (Å²) in [5, 5.41) is 0. The first-order valence-electron chi connectivity index (χ1n) is 6.03. The van der Waals surface area contributed by atoms with Crippen molar-refractivity contribution in [3.05, 3.63) is 40.3 Å². The van der Waals surface area contributed by atoms with Gasteiger partial charge in [0.25, 0.3) is 0 Å². The van der Waals surface area contributed by atoms with Gasteiger partial charge in [-0.05, 0) is 81.2 Å². The Morgan fingerprint density at radius 1 is 1.00 bits per heavy atom. The number of hydrogen-bond acceptors (Lipinski definition) is 0. The van der Waals surface area contributed by atoms with Gasteiger partial charge in [-0.1, -0.05) is 12.0 Å². The standard InChI is InChI=1S/C16H21/c1-6-7-8-9-10-16-14(4)12(2)11-13(3)15(16)5/h11H,7-10H2,2-5H3. The summed E-state index contributed by atoms with van der Waals surface area (Å²) < 4.78 is 0. The van der Waals surface area contributed by atoms with Gasteiger partial charge in [0.05, 0.1) is 0 Å². The van der Waals surface area contributed by atoms with Gasteiger partial charge < -0.3 is 0 Å². The predicted octanol–water partition coefficient (Wildman–Crippen LogP) is 4.22. The lowest BCUT2D eigenvalue weighted by molar-refractivity contribution is 0.749. The molecule has 0 nitrogen and oxygen atoms in total. The van der Waals surface area contributed by atoms with E-state index in [1.807, 2.05) is 0 Å². The zero-order chi connectivity index (χ0) is 12.1. The summed E-state index contributed by atoms with van der Waals surface area (Å²) in [4.78, 5) is 0. The lowest BCUT2D eigenvalue weighted by atomic mass is 9.91. The van der Waals surface area contributed by atoms with Crippen molar-refractivity contribution < 1.29 is 0 Å². The van der Waals surface area contributed by atoms with Crippen molar-refractivity contribution in [3.63, 3.8) is 0 Å². The Morgan fingerprint density at radius 2 is 1.56 bits per heavy atom. The second-order valence-electron chi connectivity index (χ2n) is 4.62. The molecular formula is C16H21. The Hall–Kier alpha value is -1.22. The molecule has 0 atom stereocenters. The molecule has 0 fully saturated rings. The lowest BCUT2D eigenvalue weighted by Gasteiger charge is -2.15. The zero-order valence-electron chi connectivity index (χ0n) is 10.9. The van der Waals surface area contributed by atoms with Crippen molar-refractivity contribution in [2.24, 2.45) is 0 Å². The molecule has 0 saturated heterocycles. The molecule has 0 heterocycles. The van der Waals surface area contributed by atoms with Gasteiger partial charge in [0, 0.05) is 6.42 Å². The molecule has 16 heavy (non-hydrogen) atoms. The fourth-order valence-corrected chi connectivity index (χ4v) is 2.19. The fraction of sp³-hybridized carbons (Fsp3) is 0.500. The minimum absolute atomic E-state index is 0.795. The van der Waals surface area contributed by atoms with E-state index in [9.17, 15) is 0 Å². The van der Waals surface area contributed by atoms with Crippen LogP contribution in [0.1, 0.15) is 47.1 Å². The Kier molecular flexibility index (Phi) is 4.62. The molecule has 85 valence electrons. The SMILES string of the molecule is [C]#CCCCCc1c(C)c(C)cc(C)c1C. The molecule has 0 heteroatoms. The van der Waals surface area contributed by atoms with Crippen LogP contribution in [-0.2, 0) is 6.42 Å². The Morgan fingerprint density at radius 3 is 2.06 bits per heavy atom. The third-order valence-electron chi connectivity index (χ3n) is 3.50. The zero-order valence-corrected chi connectivity index (χ0v) is 10.9. The maximum absolute atomic E-state index is 6.89. The largest absolute Gasteiger partial charge is 0.0891 e. The molecule has 1 rings (SSSR count). The molecule has 0 aliphatic rings. The molecule has 0 saturated carbocycles. The van der Waals surface area contributed by atoms with Crippen LogP contribution in [0.5, 0.6) is 0 Å². The minimum atomic E-state index is 0.795. The van der Waals surface area contributed by atoms with Crippen LogP contribution < -0.4 is 0 Å². The second kappa shape index (κ2) is 5.75. The highest BCUT2D eigenvalue weighted by molar-refractivity contribution is 5.43. The summed E-state index contributed by atoms with van der Waals surface area (Å²) >= 11 is 0. The van der Waals surface area contributed by atoms with E-state index in [4.69, 9.17) is 6.42 Å². The van der Waals surface area contributed by atoms with Crippen molar-refractivity contribution in [2.45, 2.75) is 53.4 Å². The van der Waals surface area contributed by atoms with Gasteiger partial charge in [0.15, 0.2) is 0 Å². The van der Waals surface area contributed by atoms with Gasteiger partial charge in [0.1, 0.15) is 0 Å². The molecule has 1 aromatic carbocycles. The van der Waals surface area contributed by atoms with Crippen LogP contribution in [0, 0.1) is 40.0 Å². The summed E-state index contributed by atoms with van der Waals surface area (Å²) in [6.07, 6.45) is 11.1. The van der Waals surface area contributed by atoms with Crippen LogP contribution >= 0.6 is 0 Å². The van der Waals surface area contributed by atoms with E-state index in [1.54, 1.807) is 0 Å². The molecule has 0 unspecified atom stereocenters. The van der Waals surface area contributed by atoms with Crippen molar-refractivity contribution in [3.8, 4) is 5.92 Å². The summed E-state index contributed by atoms with van der Waals surface area (Å²) in [7, 11) is 0. The normalized spacial score (nSPS) is 10.2. The van der Waals surface area contributed by atoms with E-state index in [-0.39, 0.29) is 0 Å². The third kappa shape index (κ3) is 2.89. The number of aryl methyl sites for hydroxylation is 2. The van der Waals surface area contributed by atoms with E-state index in [0.29, 0.717) is 0 Å². The molecule has 0 bridgehead atoms. The third-order valence-corrected chi connectivity index (χ3v) is 3.50. The lowest BCUT2D eigenvalue weighted by Crippen LogP contribution is -1.99. The van der Waals surface area contributed by atoms with Crippen LogP contribution in [0.25, 0.3) is 0 Å². The summed E-state index contributed by atoms with van der Waals surface area (Å²) in [6.45, 7) is 8.83. The average molecular weight is 213 g/mol. The van der Waals surface area contributed by atoms with Crippen LogP contribution in [0.2, 0.25) is 0 Å². The van der Waals surface area contributed by atoms with Gasteiger partial charge in [-0.3, -0.25) is 0 Å². The maximum Gasteiger partial charge on any atom is 0.00990 e. The van der Waals surface area contributed by atoms with Crippen molar-refractivity contribution in [1.29, 1.82) is 0 Å². The Labute approximate surface area is 100 Å². The second-order valence-corrected chi connectivity index (χ2v) is 4.62. The first-order chi connectivity index (χ1) is 7.57. The number of hydrogen-bond donors (Lipinski definition) is 0. The van der Waals surface area contributed by atoms with Gasteiger partial charge in [-0.2, -0.15) is 0 Å². The predicted molar refractivity (Wildman–Crippen MR) is 70.1 cm³/mol. The average Bonchev–Trinajstić information content (AvgIpc) is 2.25. The molecule has 0 amide bonds. The van der Waals surface area contributed by atoms with Gasteiger partial charge in [-0.25, -0.2) is 0 Å². The van der Waals surface area contributed by atoms with Crippen molar-refractivity contribution in [2.75, 3.05) is 0 Å². The van der Waals surface area contributed by atoms with E-state index < -0.39 is 0 Å². The van der Waals surface area contributed by atoms with Crippen LogP contribution in [-0.4, -0.2) is 0 Å². The first-order valence-corrected chi connectivity index (χ1v) is 6.03. The molecular weight excluding hydrogens is 192 g/mol. The number of unbranched alkanes of at least 4 members (excludes halogenated alkanes) is 2. The number of benzene rings is 1. The summed E-state index contributed by atoms with van der Waals surface area (Å²) in [5.41, 5.74) is 7.21. The maximum atomic E-state index is 6.89. The fourth-order valence-electron chi connectivity index (χ4n) is 2.19. The van der Waals surface area contributed by atoms with E-state index in [0.717, 1.165) is 25.7 Å². The highest BCUT2D eigenvalue weighted by atomic mass is 14.1. The summed E-state index contributed by atoms with van der Waals surface area (Å²) in [6, 6.07) is 2.28. The Balaban J connectivity index is 2.83. The van der Waals surface area contributed by atoms with Crippen LogP contribution in [0.3, 0.4) is 0 Å². The molecule has 0 aromatic heterocycles. The van der Waals surface area contributed by atoms with Gasteiger partial charge >= 0.3 is 0 Å². The first kappa shape index (κ1) is 12.8. The molecule has 0 aliphatic heterocycles. The van der Waals surface area contributed by atoms with Crippen molar-refractivity contribution >= 4 is 0 Å².